The molecule has 4 nitrogen and oxygen atoms in total. The third kappa shape index (κ3) is 3.97. The van der Waals surface area contributed by atoms with Gasteiger partial charge in [0.2, 0.25) is 5.88 Å². The Labute approximate surface area is 156 Å². The molecule has 3 aromatic rings. The summed E-state index contributed by atoms with van der Waals surface area (Å²) in [4.78, 5) is 15.1. The molecule has 0 N–H and O–H groups in total. The Morgan fingerprint density at radius 1 is 1.12 bits per heavy atom. The molecule has 0 saturated heterocycles. The summed E-state index contributed by atoms with van der Waals surface area (Å²) < 4.78 is 11.6. The lowest BCUT2D eigenvalue weighted by Gasteiger charge is -2.10. The highest BCUT2D eigenvalue weighted by molar-refractivity contribution is 6.32. The molecular formula is C21H18ClNO3. The Bertz CT molecular complexity index is 953. The summed E-state index contributed by atoms with van der Waals surface area (Å²) in [5.41, 5.74) is 1.78. The van der Waals surface area contributed by atoms with Crippen LogP contribution in [0, 0.1) is 5.92 Å². The lowest BCUT2D eigenvalue weighted by Crippen LogP contribution is -1.99. The maximum Gasteiger partial charge on any atom is 0.219 e. The third-order valence-electron chi connectivity index (χ3n) is 4.34. The van der Waals surface area contributed by atoms with Crippen molar-refractivity contribution in [2.24, 2.45) is 5.92 Å². The van der Waals surface area contributed by atoms with Gasteiger partial charge >= 0.3 is 0 Å². The smallest absolute Gasteiger partial charge is 0.219 e. The quantitative estimate of drug-likeness (QED) is 0.538. The zero-order valence-corrected chi connectivity index (χ0v) is 14.9. The number of carbonyl (C=O) groups excluding carboxylic acids is 1. The number of halogens is 1. The van der Waals surface area contributed by atoms with Gasteiger partial charge in [0.25, 0.3) is 0 Å². The zero-order valence-electron chi connectivity index (χ0n) is 14.2. The Morgan fingerprint density at radius 3 is 2.77 bits per heavy atom. The summed E-state index contributed by atoms with van der Waals surface area (Å²) in [6.07, 6.45) is 3.78. The van der Waals surface area contributed by atoms with E-state index in [0.29, 0.717) is 34.7 Å². The Balaban J connectivity index is 1.49. The molecule has 1 saturated carbocycles. The minimum absolute atomic E-state index is 0.405. The van der Waals surface area contributed by atoms with Crippen molar-refractivity contribution in [3.05, 3.63) is 59.1 Å². The molecule has 0 atom stereocenters. The molecule has 1 aliphatic rings. The number of fused-ring (bicyclic) bond motifs is 1. The van der Waals surface area contributed by atoms with E-state index in [1.807, 2.05) is 36.4 Å². The predicted molar refractivity (Wildman–Crippen MR) is 101 cm³/mol. The van der Waals surface area contributed by atoms with Crippen molar-refractivity contribution >= 4 is 28.8 Å². The van der Waals surface area contributed by atoms with E-state index < -0.39 is 0 Å². The summed E-state index contributed by atoms with van der Waals surface area (Å²) in [7, 11) is 0. The molecule has 1 fully saturated rings. The van der Waals surface area contributed by atoms with Crippen LogP contribution in [0.1, 0.15) is 18.4 Å². The van der Waals surface area contributed by atoms with Gasteiger partial charge in [0.1, 0.15) is 17.8 Å². The minimum atomic E-state index is 0.405. The number of ether oxygens (including phenoxy) is 2. The molecule has 0 bridgehead atoms. The number of benzene rings is 2. The fourth-order valence-electron chi connectivity index (χ4n) is 2.71. The normalized spacial score (nSPS) is 13.6. The Morgan fingerprint density at radius 2 is 2.00 bits per heavy atom. The van der Waals surface area contributed by atoms with Crippen molar-refractivity contribution < 1.29 is 14.3 Å². The first-order valence-corrected chi connectivity index (χ1v) is 9.02. The average Bonchev–Trinajstić information content (AvgIpc) is 3.46. The second-order valence-corrected chi connectivity index (χ2v) is 6.90. The number of aromatic nitrogens is 1. The van der Waals surface area contributed by atoms with Crippen molar-refractivity contribution in [1.29, 1.82) is 0 Å². The van der Waals surface area contributed by atoms with Crippen LogP contribution < -0.4 is 9.47 Å². The number of rotatable bonds is 7. The Hall–Kier alpha value is -2.59. The highest BCUT2D eigenvalue weighted by Gasteiger charge is 2.22. The first-order chi connectivity index (χ1) is 12.7. The molecule has 0 amide bonds. The van der Waals surface area contributed by atoms with Crippen molar-refractivity contribution in [3.63, 3.8) is 0 Å². The standard InChI is InChI=1S/C21H18ClNO3/c22-18-12-17(5-7-20(18)25-13-15-1-2-15)26-21-8-4-16-11-14(9-10-24)3-6-19(16)23-21/h3-8,10-12,15H,1-2,9,13H2. The summed E-state index contributed by atoms with van der Waals surface area (Å²) in [6.45, 7) is 0.720. The monoisotopic (exact) mass is 367 g/mol. The van der Waals surface area contributed by atoms with Gasteiger partial charge in [0.15, 0.2) is 0 Å². The molecule has 1 heterocycles. The summed E-state index contributed by atoms with van der Waals surface area (Å²) >= 11 is 6.29. The van der Waals surface area contributed by atoms with Gasteiger partial charge in [0.05, 0.1) is 17.1 Å². The average molecular weight is 368 g/mol. The van der Waals surface area contributed by atoms with Gasteiger partial charge in [-0.25, -0.2) is 4.98 Å². The topological polar surface area (TPSA) is 48.4 Å². The molecule has 26 heavy (non-hydrogen) atoms. The van der Waals surface area contributed by atoms with Gasteiger partial charge in [-0.1, -0.05) is 17.7 Å². The number of aldehydes is 1. The number of nitrogens with zero attached hydrogens (tertiary/aromatic N) is 1. The fourth-order valence-corrected chi connectivity index (χ4v) is 2.94. The van der Waals surface area contributed by atoms with Crippen LogP contribution in [-0.4, -0.2) is 17.9 Å². The van der Waals surface area contributed by atoms with Crippen molar-refractivity contribution in [2.45, 2.75) is 19.3 Å². The van der Waals surface area contributed by atoms with E-state index in [4.69, 9.17) is 21.1 Å². The van der Waals surface area contributed by atoms with E-state index in [-0.39, 0.29) is 0 Å². The molecule has 2 aromatic carbocycles. The van der Waals surface area contributed by atoms with E-state index in [9.17, 15) is 4.79 Å². The maximum atomic E-state index is 10.6. The van der Waals surface area contributed by atoms with Gasteiger partial charge in [-0.15, -0.1) is 0 Å². The molecule has 5 heteroatoms. The first-order valence-electron chi connectivity index (χ1n) is 8.65. The lowest BCUT2D eigenvalue weighted by atomic mass is 10.1. The summed E-state index contributed by atoms with van der Waals surface area (Å²) in [6, 6.07) is 14.9. The third-order valence-corrected chi connectivity index (χ3v) is 4.64. The van der Waals surface area contributed by atoms with E-state index in [1.165, 1.54) is 12.8 Å². The molecule has 132 valence electrons. The van der Waals surface area contributed by atoms with Crippen molar-refractivity contribution in [3.8, 4) is 17.4 Å². The van der Waals surface area contributed by atoms with Crippen LogP contribution in [0.3, 0.4) is 0 Å². The lowest BCUT2D eigenvalue weighted by molar-refractivity contribution is -0.107. The molecule has 0 aliphatic heterocycles. The highest BCUT2D eigenvalue weighted by atomic mass is 35.5. The van der Waals surface area contributed by atoms with Gasteiger partial charge in [-0.2, -0.15) is 0 Å². The second kappa shape index (κ2) is 7.34. The van der Waals surface area contributed by atoms with Gasteiger partial charge in [0, 0.05) is 23.9 Å². The van der Waals surface area contributed by atoms with Crippen LogP contribution >= 0.6 is 11.6 Å². The molecule has 0 unspecified atom stereocenters. The van der Waals surface area contributed by atoms with Crippen LogP contribution in [0.15, 0.2) is 48.5 Å². The van der Waals surface area contributed by atoms with Crippen LogP contribution in [-0.2, 0) is 11.2 Å². The van der Waals surface area contributed by atoms with Gasteiger partial charge in [-0.3, -0.25) is 0 Å². The fraction of sp³-hybridized carbons (Fsp3) is 0.238. The largest absolute Gasteiger partial charge is 0.492 e. The number of pyridine rings is 1. The number of hydrogen-bond acceptors (Lipinski definition) is 4. The van der Waals surface area contributed by atoms with Crippen molar-refractivity contribution in [1.82, 2.24) is 4.98 Å². The SMILES string of the molecule is O=CCc1ccc2nc(Oc3ccc(OCC4CC4)c(Cl)c3)ccc2c1. The van der Waals surface area contributed by atoms with E-state index in [1.54, 1.807) is 12.1 Å². The van der Waals surface area contributed by atoms with Gasteiger partial charge < -0.3 is 14.3 Å². The van der Waals surface area contributed by atoms with E-state index >= 15 is 0 Å². The van der Waals surface area contributed by atoms with E-state index in [0.717, 1.165) is 29.4 Å². The van der Waals surface area contributed by atoms with Crippen LogP contribution in [0.2, 0.25) is 5.02 Å². The maximum absolute atomic E-state index is 10.6. The molecule has 0 spiro atoms. The molecule has 1 aliphatic carbocycles. The number of carbonyl (C=O) groups is 1. The van der Waals surface area contributed by atoms with Crippen molar-refractivity contribution in [2.75, 3.05) is 6.61 Å². The molecule has 4 rings (SSSR count). The van der Waals surface area contributed by atoms with Crippen LogP contribution in [0.25, 0.3) is 10.9 Å². The summed E-state index contributed by atoms with van der Waals surface area (Å²) in [5.74, 6) is 2.46. The van der Waals surface area contributed by atoms with Gasteiger partial charge in [-0.05, 0) is 54.7 Å². The second-order valence-electron chi connectivity index (χ2n) is 6.50. The van der Waals surface area contributed by atoms with E-state index in [2.05, 4.69) is 4.98 Å². The predicted octanol–water partition coefficient (Wildman–Crippen LogP) is 5.21. The summed E-state index contributed by atoms with van der Waals surface area (Å²) in [5, 5.41) is 1.50. The van der Waals surface area contributed by atoms with Crippen LogP contribution in [0.5, 0.6) is 17.4 Å². The Kier molecular flexibility index (Phi) is 4.76. The first kappa shape index (κ1) is 16.9. The zero-order chi connectivity index (χ0) is 17.9. The van der Waals surface area contributed by atoms with Crippen LogP contribution in [0.4, 0.5) is 0 Å². The highest BCUT2D eigenvalue weighted by Crippen LogP contribution is 2.34. The molecule has 0 radical (unpaired) electrons. The minimum Gasteiger partial charge on any atom is -0.492 e. The number of hydrogen-bond donors (Lipinski definition) is 0. The molecular weight excluding hydrogens is 350 g/mol. The molecule has 1 aromatic heterocycles.